The molecule has 2 unspecified atom stereocenters. The first-order valence-corrected chi connectivity index (χ1v) is 11.0. The van der Waals surface area contributed by atoms with Gasteiger partial charge in [-0.25, -0.2) is 4.39 Å². The van der Waals surface area contributed by atoms with Gasteiger partial charge < -0.3 is 20.1 Å². The van der Waals surface area contributed by atoms with E-state index >= 15 is 0 Å². The summed E-state index contributed by atoms with van der Waals surface area (Å²) in [7, 11) is 4.09. The number of aliphatic hydroxyl groups is 1. The number of nitrogens with one attached hydrogen (secondary N) is 1. The van der Waals surface area contributed by atoms with Crippen LogP contribution in [0.1, 0.15) is 62.7 Å². The van der Waals surface area contributed by atoms with Crippen molar-refractivity contribution in [3.8, 4) is 5.75 Å². The van der Waals surface area contributed by atoms with Gasteiger partial charge in [0.15, 0.2) is 0 Å². The molecule has 0 aliphatic heterocycles. The zero-order valence-corrected chi connectivity index (χ0v) is 18.8. The predicted octanol–water partition coefficient (Wildman–Crippen LogP) is 5.28. The number of halogens is 1. The van der Waals surface area contributed by atoms with E-state index in [-0.39, 0.29) is 5.82 Å². The third kappa shape index (κ3) is 7.62. The first-order valence-electron chi connectivity index (χ1n) is 11.0. The van der Waals surface area contributed by atoms with Crippen molar-refractivity contribution in [3.05, 3.63) is 59.4 Å². The lowest BCUT2D eigenvalue weighted by atomic mass is 9.95. The average molecular weight is 417 g/mol. The summed E-state index contributed by atoms with van der Waals surface area (Å²) < 4.78 is 19.7. The van der Waals surface area contributed by atoms with E-state index in [1.807, 2.05) is 14.1 Å². The molecule has 166 valence electrons. The summed E-state index contributed by atoms with van der Waals surface area (Å²) in [6.45, 7) is 6.27. The molecule has 0 aliphatic carbocycles. The lowest BCUT2D eigenvalue weighted by Gasteiger charge is -2.20. The fraction of sp³-hybridized carbons (Fsp3) is 0.520. The molecule has 0 fully saturated rings. The minimum atomic E-state index is -0.830. The minimum absolute atomic E-state index is 0.342. The molecule has 2 aromatic carbocycles. The fourth-order valence-electron chi connectivity index (χ4n) is 3.36. The summed E-state index contributed by atoms with van der Waals surface area (Å²) in [5.41, 5.74) is 2.77. The Hall–Kier alpha value is -2.11. The van der Waals surface area contributed by atoms with Crippen LogP contribution in [0.4, 0.5) is 10.1 Å². The lowest BCUT2D eigenvalue weighted by molar-refractivity contribution is 0.170. The van der Waals surface area contributed by atoms with Crippen LogP contribution in [0.2, 0.25) is 0 Å². The van der Waals surface area contributed by atoms with E-state index in [0.29, 0.717) is 18.0 Å². The molecule has 0 radical (unpaired) electrons. The Bertz CT molecular complexity index is 767. The van der Waals surface area contributed by atoms with Crippen LogP contribution in [0.5, 0.6) is 5.75 Å². The molecule has 30 heavy (non-hydrogen) atoms. The number of ether oxygens (including phenoxy) is 1. The average Bonchev–Trinajstić information content (AvgIpc) is 2.73. The third-order valence-corrected chi connectivity index (χ3v) is 5.36. The quantitative estimate of drug-likeness (QED) is 0.436. The van der Waals surface area contributed by atoms with Crippen LogP contribution in [0, 0.1) is 5.82 Å². The molecule has 0 saturated carbocycles. The molecular weight excluding hydrogens is 379 g/mol. The molecule has 2 rings (SSSR count). The largest absolute Gasteiger partial charge is 0.494 e. The maximum absolute atomic E-state index is 13.7. The van der Waals surface area contributed by atoms with Gasteiger partial charge in [0.05, 0.1) is 12.7 Å². The molecule has 5 heteroatoms. The molecule has 2 N–H and O–H groups in total. The maximum Gasteiger partial charge on any atom is 0.129 e. The monoisotopic (exact) mass is 416 g/mol. The molecule has 0 heterocycles. The van der Waals surface area contributed by atoms with Gasteiger partial charge in [-0.2, -0.15) is 0 Å². The van der Waals surface area contributed by atoms with Crippen LogP contribution < -0.4 is 15.0 Å². The van der Waals surface area contributed by atoms with Crippen molar-refractivity contribution in [2.45, 2.75) is 51.6 Å². The summed E-state index contributed by atoms with van der Waals surface area (Å²) in [6.07, 6.45) is 3.34. The van der Waals surface area contributed by atoms with Crippen LogP contribution in [0.25, 0.3) is 0 Å². The van der Waals surface area contributed by atoms with Crippen LogP contribution in [-0.4, -0.2) is 38.9 Å². The fourth-order valence-corrected chi connectivity index (χ4v) is 3.36. The van der Waals surface area contributed by atoms with E-state index in [1.165, 1.54) is 11.6 Å². The molecule has 2 atom stereocenters. The van der Waals surface area contributed by atoms with Gasteiger partial charge in [0.1, 0.15) is 11.6 Å². The van der Waals surface area contributed by atoms with Crippen LogP contribution in [-0.2, 0) is 0 Å². The zero-order valence-electron chi connectivity index (χ0n) is 18.8. The summed E-state index contributed by atoms with van der Waals surface area (Å²) in [6, 6.07) is 12.9. The topological polar surface area (TPSA) is 44.7 Å². The van der Waals surface area contributed by atoms with Gasteiger partial charge in [0, 0.05) is 38.0 Å². The number of hydrogen-bond donors (Lipinski definition) is 2. The molecular formula is C25H37FN2O2. The molecule has 2 aromatic rings. The van der Waals surface area contributed by atoms with Crippen molar-refractivity contribution in [1.82, 2.24) is 5.32 Å². The van der Waals surface area contributed by atoms with Gasteiger partial charge in [-0.3, -0.25) is 0 Å². The Balaban J connectivity index is 1.83. The van der Waals surface area contributed by atoms with Crippen LogP contribution in [0.15, 0.2) is 42.5 Å². The van der Waals surface area contributed by atoms with Crippen LogP contribution in [0.3, 0.4) is 0 Å². The third-order valence-electron chi connectivity index (χ3n) is 5.36. The molecule has 0 amide bonds. The summed E-state index contributed by atoms with van der Waals surface area (Å²) in [5, 5.41) is 13.4. The van der Waals surface area contributed by atoms with Gasteiger partial charge in [-0.05, 0) is 55.5 Å². The highest BCUT2D eigenvalue weighted by Crippen LogP contribution is 2.30. The Morgan fingerprint density at radius 1 is 1.13 bits per heavy atom. The number of anilines is 1. The maximum atomic E-state index is 13.7. The molecule has 0 saturated heterocycles. The van der Waals surface area contributed by atoms with Gasteiger partial charge in [-0.15, -0.1) is 0 Å². The summed E-state index contributed by atoms with van der Waals surface area (Å²) >= 11 is 0. The van der Waals surface area contributed by atoms with E-state index in [4.69, 9.17) is 4.74 Å². The van der Waals surface area contributed by atoms with Crippen molar-refractivity contribution >= 4 is 5.69 Å². The SMILES string of the molecule is CCCCOc1cc(C(C)CCCNCC(O)c2ccccc2F)cc(N(C)C)c1. The zero-order chi connectivity index (χ0) is 21.9. The van der Waals surface area contributed by atoms with Crippen LogP contribution >= 0.6 is 0 Å². The number of benzene rings is 2. The first kappa shape index (κ1) is 24.2. The van der Waals surface area contributed by atoms with E-state index in [9.17, 15) is 9.50 Å². The first-order chi connectivity index (χ1) is 14.4. The summed E-state index contributed by atoms with van der Waals surface area (Å²) in [4.78, 5) is 2.11. The minimum Gasteiger partial charge on any atom is -0.494 e. The van der Waals surface area contributed by atoms with Crippen molar-refractivity contribution in [3.63, 3.8) is 0 Å². The molecule has 4 nitrogen and oxygen atoms in total. The highest BCUT2D eigenvalue weighted by molar-refractivity contribution is 5.53. The highest BCUT2D eigenvalue weighted by atomic mass is 19.1. The summed E-state index contributed by atoms with van der Waals surface area (Å²) in [5.74, 6) is 0.970. The van der Waals surface area contributed by atoms with E-state index in [2.05, 4.69) is 42.3 Å². The lowest BCUT2D eigenvalue weighted by Crippen LogP contribution is -2.23. The Morgan fingerprint density at radius 3 is 2.60 bits per heavy atom. The standard InChI is InChI=1S/C25H37FN2O2/c1-5-6-14-30-22-16-20(15-21(17-22)28(3)4)19(2)10-9-13-27-18-25(29)23-11-7-8-12-24(23)26/h7-8,11-12,15-17,19,25,27,29H,5-6,9-10,13-14,18H2,1-4H3. The number of aliphatic hydroxyl groups excluding tert-OH is 1. The number of unbranched alkanes of at least 4 members (excludes halogenated alkanes) is 1. The van der Waals surface area contributed by atoms with Gasteiger partial charge >= 0.3 is 0 Å². The number of rotatable bonds is 13. The van der Waals surface area contributed by atoms with E-state index < -0.39 is 6.10 Å². The number of nitrogens with zero attached hydrogens (tertiary/aromatic N) is 1. The Labute approximate surface area is 181 Å². The smallest absolute Gasteiger partial charge is 0.129 e. The second-order valence-corrected chi connectivity index (χ2v) is 8.14. The van der Waals surface area contributed by atoms with E-state index in [0.717, 1.165) is 50.3 Å². The van der Waals surface area contributed by atoms with E-state index in [1.54, 1.807) is 18.2 Å². The highest BCUT2D eigenvalue weighted by Gasteiger charge is 2.13. The van der Waals surface area contributed by atoms with Gasteiger partial charge in [0.25, 0.3) is 0 Å². The second kappa shape index (κ2) is 12.6. The molecule has 0 bridgehead atoms. The second-order valence-electron chi connectivity index (χ2n) is 8.14. The van der Waals surface area contributed by atoms with Gasteiger partial charge in [-0.1, -0.05) is 38.5 Å². The van der Waals surface area contributed by atoms with Crippen molar-refractivity contribution < 1.29 is 14.2 Å². The molecule has 0 aromatic heterocycles. The molecule has 0 aliphatic rings. The van der Waals surface area contributed by atoms with Crippen molar-refractivity contribution in [2.75, 3.05) is 38.7 Å². The van der Waals surface area contributed by atoms with Gasteiger partial charge in [0.2, 0.25) is 0 Å². The van der Waals surface area contributed by atoms with Crippen molar-refractivity contribution in [2.24, 2.45) is 0 Å². The Morgan fingerprint density at radius 2 is 1.90 bits per heavy atom. The molecule has 0 spiro atoms. The normalized spacial score (nSPS) is 13.1. The predicted molar refractivity (Wildman–Crippen MR) is 123 cm³/mol. The number of hydrogen-bond acceptors (Lipinski definition) is 4. The Kier molecular flexibility index (Phi) is 10.1. The van der Waals surface area contributed by atoms with Crippen molar-refractivity contribution in [1.29, 1.82) is 0 Å².